The lowest BCUT2D eigenvalue weighted by molar-refractivity contribution is -0.119. The Labute approximate surface area is 170 Å². The van der Waals surface area contributed by atoms with Gasteiger partial charge in [-0.25, -0.2) is 0 Å². The standard InChI is InChI=1S/C22H27N5O2/c1-13-24-25-26-27(13)20(12-14-4-3-5-19(11-14)29-2)22(28)23-21-17-7-15-6-16(9-17)10-18(21)8-15/h3-5,11-12,15-18,21H,6-10H2,1-2H3,(H,23,28)/b20-12-. The van der Waals surface area contributed by atoms with Gasteiger partial charge in [0.25, 0.3) is 5.91 Å². The van der Waals surface area contributed by atoms with Crippen LogP contribution >= 0.6 is 0 Å². The van der Waals surface area contributed by atoms with Gasteiger partial charge in [0.15, 0.2) is 5.82 Å². The molecule has 0 aliphatic heterocycles. The summed E-state index contributed by atoms with van der Waals surface area (Å²) in [5, 5.41) is 15.1. The van der Waals surface area contributed by atoms with E-state index in [-0.39, 0.29) is 11.9 Å². The Morgan fingerprint density at radius 3 is 2.52 bits per heavy atom. The molecule has 4 bridgehead atoms. The molecule has 0 saturated heterocycles. The van der Waals surface area contributed by atoms with Gasteiger partial charge in [-0.15, -0.1) is 5.10 Å². The molecule has 4 aliphatic carbocycles. The van der Waals surface area contributed by atoms with E-state index < -0.39 is 0 Å². The van der Waals surface area contributed by atoms with Gasteiger partial charge in [-0.2, -0.15) is 4.68 Å². The lowest BCUT2D eigenvalue weighted by Crippen LogP contribution is -2.56. The number of nitrogens with one attached hydrogen (secondary N) is 1. The zero-order valence-corrected chi connectivity index (χ0v) is 16.9. The summed E-state index contributed by atoms with van der Waals surface area (Å²) in [5.74, 6) is 4.19. The average Bonchev–Trinajstić information content (AvgIpc) is 3.14. The third kappa shape index (κ3) is 3.43. The lowest BCUT2D eigenvalue weighted by Gasteiger charge is -2.54. The predicted molar refractivity (Wildman–Crippen MR) is 109 cm³/mol. The molecular weight excluding hydrogens is 366 g/mol. The van der Waals surface area contributed by atoms with Gasteiger partial charge in [-0.3, -0.25) is 4.79 Å². The molecule has 7 nitrogen and oxygen atoms in total. The summed E-state index contributed by atoms with van der Waals surface area (Å²) in [5.41, 5.74) is 1.31. The normalized spacial score (nSPS) is 30.4. The van der Waals surface area contributed by atoms with Crippen molar-refractivity contribution in [1.29, 1.82) is 0 Å². The van der Waals surface area contributed by atoms with Crippen molar-refractivity contribution in [3.05, 3.63) is 35.7 Å². The summed E-state index contributed by atoms with van der Waals surface area (Å²) in [4.78, 5) is 13.4. The second kappa shape index (κ2) is 7.28. The van der Waals surface area contributed by atoms with Crippen LogP contribution in [0.3, 0.4) is 0 Å². The number of carbonyl (C=O) groups is 1. The van der Waals surface area contributed by atoms with E-state index in [9.17, 15) is 4.79 Å². The average molecular weight is 393 g/mol. The zero-order valence-electron chi connectivity index (χ0n) is 16.9. The molecule has 0 atom stereocenters. The molecule has 1 amide bonds. The maximum absolute atomic E-state index is 13.4. The highest BCUT2D eigenvalue weighted by Crippen LogP contribution is 2.53. The minimum atomic E-state index is -0.110. The predicted octanol–water partition coefficient (Wildman–Crippen LogP) is 2.93. The van der Waals surface area contributed by atoms with E-state index in [0.29, 0.717) is 23.4 Å². The number of benzene rings is 1. The van der Waals surface area contributed by atoms with Gasteiger partial charge < -0.3 is 10.1 Å². The first kappa shape index (κ1) is 18.3. The molecule has 4 aliphatic rings. The number of nitrogens with zero attached hydrogens (tertiary/aromatic N) is 4. The number of hydrogen-bond donors (Lipinski definition) is 1. The van der Waals surface area contributed by atoms with Gasteiger partial charge in [-0.1, -0.05) is 12.1 Å². The molecule has 1 aromatic carbocycles. The molecule has 152 valence electrons. The number of carbonyl (C=O) groups excluding carboxylic acids is 1. The van der Waals surface area contributed by atoms with Crippen molar-refractivity contribution in [2.75, 3.05) is 7.11 Å². The first-order chi connectivity index (χ1) is 14.1. The summed E-state index contributed by atoms with van der Waals surface area (Å²) in [7, 11) is 1.63. The van der Waals surface area contributed by atoms with Gasteiger partial charge in [-0.05, 0) is 96.9 Å². The van der Waals surface area contributed by atoms with Gasteiger partial charge in [0, 0.05) is 6.04 Å². The molecule has 2 aromatic rings. The van der Waals surface area contributed by atoms with Crippen LogP contribution in [0.15, 0.2) is 24.3 Å². The molecule has 4 saturated carbocycles. The Kier molecular flexibility index (Phi) is 4.60. The minimum Gasteiger partial charge on any atom is -0.497 e. The zero-order chi connectivity index (χ0) is 20.0. The lowest BCUT2D eigenvalue weighted by atomic mass is 9.54. The molecule has 4 fully saturated rings. The van der Waals surface area contributed by atoms with Crippen LogP contribution in [0.1, 0.15) is 43.5 Å². The molecule has 0 unspecified atom stereocenters. The maximum atomic E-state index is 13.4. The molecule has 1 heterocycles. The topological polar surface area (TPSA) is 81.9 Å². The van der Waals surface area contributed by atoms with Crippen LogP contribution in [0.25, 0.3) is 11.8 Å². The van der Waals surface area contributed by atoms with Crippen LogP contribution in [0.4, 0.5) is 0 Å². The third-order valence-corrected chi connectivity index (χ3v) is 7.01. The fourth-order valence-electron chi connectivity index (χ4n) is 5.95. The van der Waals surface area contributed by atoms with Crippen LogP contribution < -0.4 is 10.1 Å². The molecule has 0 radical (unpaired) electrons. The van der Waals surface area contributed by atoms with E-state index in [4.69, 9.17) is 4.74 Å². The fourth-order valence-corrected chi connectivity index (χ4v) is 5.95. The summed E-state index contributed by atoms with van der Waals surface area (Å²) in [6, 6.07) is 7.90. The third-order valence-electron chi connectivity index (χ3n) is 7.01. The van der Waals surface area contributed by atoms with E-state index in [0.717, 1.165) is 23.1 Å². The van der Waals surface area contributed by atoms with E-state index in [1.54, 1.807) is 14.0 Å². The summed E-state index contributed by atoms with van der Waals surface area (Å²) in [6.45, 7) is 1.80. The Bertz CT molecular complexity index is 922. The highest BCUT2D eigenvalue weighted by molar-refractivity contribution is 6.18. The van der Waals surface area contributed by atoms with Gasteiger partial charge in [0.1, 0.15) is 11.4 Å². The molecule has 1 N–H and O–H groups in total. The number of hydrogen-bond acceptors (Lipinski definition) is 5. The summed E-state index contributed by atoms with van der Waals surface area (Å²) < 4.78 is 6.84. The van der Waals surface area contributed by atoms with E-state index >= 15 is 0 Å². The van der Waals surface area contributed by atoms with Gasteiger partial charge in [0.2, 0.25) is 0 Å². The second-order valence-corrected chi connectivity index (χ2v) is 8.87. The van der Waals surface area contributed by atoms with Crippen LogP contribution in [-0.4, -0.2) is 39.3 Å². The van der Waals surface area contributed by atoms with E-state index in [1.807, 2.05) is 30.3 Å². The SMILES string of the molecule is COc1cccc(/C=C(/C(=O)NC2C3CC4CC(C3)CC2C4)n2nnnc2C)c1. The van der Waals surface area contributed by atoms with Crippen molar-refractivity contribution in [3.8, 4) is 5.75 Å². The van der Waals surface area contributed by atoms with Gasteiger partial charge >= 0.3 is 0 Å². The quantitative estimate of drug-likeness (QED) is 0.790. The summed E-state index contributed by atoms with van der Waals surface area (Å²) in [6.07, 6.45) is 8.27. The van der Waals surface area contributed by atoms with Crippen molar-refractivity contribution in [2.24, 2.45) is 23.7 Å². The Balaban J connectivity index is 1.44. The second-order valence-electron chi connectivity index (χ2n) is 8.87. The smallest absolute Gasteiger partial charge is 0.270 e. The molecule has 29 heavy (non-hydrogen) atoms. The van der Waals surface area contributed by atoms with Crippen LogP contribution in [0, 0.1) is 30.6 Å². The van der Waals surface area contributed by atoms with Crippen molar-refractivity contribution in [2.45, 2.75) is 45.1 Å². The highest BCUT2D eigenvalue weighted by Gasteiger charge is 2.48. The Morgan fingerprint density at radius 2 is 1.90 bits per heavy atom. The number of aryl methyl sites for hydroxylation is 1. The number of methoxy groups -OCH3 is 1. The number of amides is 1. The Hall–Kier alpha value is -2.70. The molecular formula is C22H27N5O2. The summed E-state index contributed by atoms with van der Waals surface area (Å²) >= 11 is 0. The molecule has 0 spiro atoms. The monoisotopic (exact) mass is 393 g/mol. The van der Waals surface area contributed by atoms with Crippen molar-refractivity contribution in [1.82, 2.24) is 25.5 Å². The van der Waals surface area contributed by atoms with Crippen molar-refractivity contribution in [3.63, 3.8) is 0 Å². The largest absolute Gasteiger partial charge is 0.497 e. The van der Waals surface area contributed by atoms with E-state index in [2.05, 4.69) is 20.8 Å². The van der Waals surface area contributed by atoms with E-state index in [1.165, 1.54) is 36.8 Å². The fraction of sp³-hybridized carbons (Fsp3) is 0.545. The van der Waals surface area contributed by atoms with Crippen LogP contribution in [-0.2, 0) is 4.79 Å². The van der Waals surface area contributed by atoms with Crippen molar-refractivity contribution < 1.29 is 9.53 Å². The van der Waals surface area contributed by atoms with Crippen LogP contribution in [0.5, 0.6) is 5.75 Å². The molecule has 7 heteroatoms. The van der Waals surface area contributed by atoms with Gasteiger partial charge in [0.05, 0.1) is 7.11 Å². The number of tetrazole rings is 1. The molecule has 6 rings (SSSR count). The maximum Gasteiger partial charge on any atom is 0.270 e. The highest BCUT2D eigenvalue weighted by atomic mass is 16.5. The van der Waals surface area contributed by atoms with Crippen molar-refractivity contribution >= 4 is 17.7 Å². The number of aromatic nitrogens is 4. The first-order valence-corrected chi connectivity index (χ1v) is 10.5. The number of ether oxygens (including phenoxy) is 1. The Morgan fingerprint density at radius 1 is 1.17 bits per heavy atom. The first-order valence-electron chi connectivity index (χ1n) is 10.5. The number of rotatable bonds is 5. The molecule has 1 aromatic heterocycles. The van der Waals surface area contributed by atoms with Crippen LogP contribution in [0.2, 0.25) is 0 Å². The minimum absolute atomic E-state index is 0.110.